The molecule has 0 spiro atoms. The summed E-state index contributed by atoms with van der Waals surface area (Å²) in [5.41, 5.74) is -1.32. The van der Waals surface area contributed by atoms with E-state index in [0.29, 0.717) is 0 Å². The minimum atomic E-state index is -6.95. The van der Waals surface area contributed by atoms with Crippen molar-refractivity contribution < 1.29 is 49.0 Å². The first kappa shape index (κ1) is 24.6. The van der Waals surface area contributed by atoms with Gasteiger partial charge in [-0.05, 0) is 19.8 Å². The summed E-state index contributed by atoms with van der Waals surface area (Å²) < 4.78 is 119. The fraction of sp³-hybridized carbons (Fsp3) is 0.800. The van der Waals surface area contributed by atoms with Crippen molar-refractivity contribution in [1.82, 2.24) is 0 Å². The molecule has 0 aliphatic heterocycles. The Bertz CT molecular complexity index is 524. The molecule has 0 amide bonds. The van der Waals surface area contributed by atoms with Gasteiger partial charge in [0.1, 0.15) is 0 Å². The number of carbonyl (C=O) groups is 1. The van der Waals surface area contributed by atoms with E-state index < -0.39 is 54.3 Å². The molecule has 26 heavy (non-hydrogen) atoms. The second kappa shape index (κ2) is 7.67. The molecule has 11 heteroatoms. The summed E-state index contributed by atoms with van der Waals surface area (Å²) in [4.78, 5) is 12.0. The van der Waals surface area contributed by atoms with Crippen LogP contribution in [0, 0.1) is 11.3 Å². The van der Waals surface area contributed by atoms with Gasteiger partial charge in [-0.25, -0.2) is 0 Å². The number of halogens is 9. The van der Waals surface area contributed by atoms with Crippen molar-refractivity contribution in [2.24, 2.45) is 11.3 Å². The quantitative estimate of drug-likeness (QED) is 0.299. The highest BCUT2D eigenvalue weighted by Crippen LogP contribution is 2.54. The lowest BCUT2D eigenvalue weighted by atomic mass is 9.79. The van der Waals surface area contributed by atoms with Crippen LogP contribution in [0.3, 0.4) is 0 Å². The molecule has 154 valence electrons. The van der Waals surface area contributed by atoms with E-state index in [2.05, 4.69) is 4.74 Å². The summed E-state index contributed by atoms with van der Waals surface area (Å²) in [6, 6.07) is 0. The Hall–Kier alpha value is -1.42. The van der Waals surface area contributed by atoms with Gasteiger partial charge in [-0.15, -0.1) is 0 Å². The fourth-order valence-electron chi connectivity index (χ4n) is 1.83. The first-order chi connectivity index (χ1) is 11.4. The Morgan fingerprint density at radius 3 is 1.77 bits per heavy atom. The van der Waals surface area contributed by atoms with Crippen LogP contribution in [0.25, 0.3) is 0 Å². The molecule has 0 heterocycles. The number of ether oxygens (including phenoxy) is 1. The third kappa shape index (κ3) is 4.46. The molecule has 1 unspecified atom stereocenters. The molecule has 0 aliphatic rings. The fourth-order valence-corrected chi connectivity index (χ4v) is 1.83. The number of allylic oxidation sites excluding steroid dienone is 1. The van der Waals surface area contributed by atoms with Crippen molar-refractivity contribution in [3.8, 4) is 0 Å². The summed E-state index contributed by atoms with van der Waals surface area (Å²) in [7, 11) is 0. The van der Waals surface area contributed by atoms with Crippen LogP contribution in [0.5, 0.6) is 0 Å². The van der Waals surface area contributed by atoms with Gasteiger partial charge >= 0.3 is 29.9 Å². The van der Waals surface area contributed by atoms with E-state index in [4.69, 9.17) is 0 Å². The van der Waals surface area contributed by atoms with Gasteiger partial charge in [0.2, 0.25) is 0 Å². The van der Waals surface area contributed by atoms with Gasteiger partial charge in [0, 0.05) is 0 Å². The van der Waals surface area contributed by atoms with Crippen molar-refractivity contribution in [2.45, 2.75) is 58.1 Å². The Kier molecular flexibility index (Phi) is 7.26. The largest absolute Gasteiger partial charge is 0.465 e. The van der Waals surface area contributed by atoms with Crippen LogP contribution in [0.15, 0.2) is 12.2 Å². The molecule has 2 nitrogen and oxygen atoms in total. The van der Waals surface area contributed by atoms with Crippen LogP contribution in [-0.2, 0) is 9.53 Å². The summed E-state index contributed by atoms with van der Waals surface area (Å²) in [6.07, 6.45) is -6.27. The molecule has 0 aromatic rings. The number of esters is 1. The number of carbonyl (C=O) groups excluding carboxylic acids is 1. The molecule has 1 atom stereocenters. The zero-order valence-electron chi connectivity index (χ0n) is 14.4. The van der Waals surface area contributed by atoms with Crippen LogP contribution >= 0.6 is 0 Å². The van der Waals surface area contributed by atoms with Crippen LogP contribution < -0.4 is 0 Å². The molecular weight excluding hydrogens is 383 g/mol. The molecule has 0 rings (SSSR count). The zero-order chi connectivity index (χ0) is 21.2. The maximum absolute atomic E-state index is 13.3. The predicted molar refractivity (Wildman–Crippen MR) is 74.2 cm³/mol. The number of hydrogen-bond donors (Lipinski definition) is 0. The summed E-state index contributed by atoms with van der Waals surface area (Å²) in [5.74, 6) is -20.9. The molecule has 0 aromatic heterocycles. The van der Waals surface area contributed by atoms with E-state index >= 15 is 0 Å². The Labute approximate surface area is 144 Å². The average molecular weight is 402 g/mol. The number of alkyl halides is 9. The molecule has 0 N–H and O–H groups in total. The van der Waals surface area contributed by atoms with Gasteiger partial charge in [-0.1, -0.05) is 26.0 Å². The highest BCUT2D eigenvalue weighted by molar-refractivity contribution is 5.79. The first-order valence-corrected chi connectivity index (χ1v) is 7.39. The number of rotatable bonds is 8. The molecular formula is C15H19F9O2. The third-order valence-electron chi connectivity index (χ3n) is 4.01. The molecule has 0 aliphatic carbocycles. The van der Waals surface area contributed by atoms with E-state index in [1.807, 2.05) is 0 Å². The SMILES string of the molecule is C/C=C\C(C)(C(=O)OCCC(F)(F)C(F)(F)C(F)(F)C(F)(F)F)C(C)C. The van der Waals surface area contributed by atoms with Gasteiger partial charge in [-0.2, -0.15) is 39.5 Å². The second-order valence-electron chi connectivity index (χ2n) is 6.17. The van der Waals surface area contributed by atoms with Gasteiger partial charge in [0.25, 0.3) is 0 Å². The lowest BCUT2D eigenvalue weighted by molar-refractivity contribution is -0.397. The van der Waals surface area contributed by atoms with Gasteiger partial charge in [0.15, 0.2) is 0 Å². The Morgan fingerprint density at radius 1 is 0.962 bits per heavy atom. The highest BCUT2D eigenvalue weighted by Gasteiger charge is 2.81. The minimum Gasteiger partial charge on any atom is -0.465 e. The minimum absolute atomic E-state index is 0.400. The molecule has 0 radical (unpaired) electrons. The maximum atomic E-state index is 13.3. The van der Waals surface area contributed by atoms with Crippen molar-refractivity contribution in [3.05, 3.63) is 12.2 Å². The van der Waals surface area contributed by atoms with E-state index in [0.717, 1.165) is 0 Å². The van der Waals surface area contributed by atoms with Crippen LogP contribution in [0.4, 0.5) is 39.5 Å². The maximum Gasteiger partial charge on any atom is 0.460 e. The lowest BCUT2D eigenvalue weighted by Crippen LogP contribution is -2.61. The molecule has 0 saturated heterocycles. The third-order valence-corrected chi connectivity index (χ3v) is 4.01. The molecule has 0 aromatic carbocycles. The molecule has 0 fully saturated rings. The monoisotopic (exact) mass is 402 g/mol. The number of hydrogen-bond acceptors (Lipinski definition) is 2. The smallest absolute Gasteiger partial charge is 0.460 e. The van der Waals surface area contributed by atoms with E-state index in [1.54, 1.807) is 20.8 Å². The predicted octanol–water partition coefficient (Wildman–Crippen LogP) is 5.63. The summed E-state index contributed by atoms with van der Waals surface area (Å²) in [6.45, 7) is 4.60. The normalized spacial score (nSPS) is 16.8. The highest BCUT2D eigenvalue weighted by atomic mass is 19.4. The lowest BCUT2D eigenvalue weighted by Gasteiger charge is -2.34. The van der Waals surface area contributed by atoms with Crippen molar-refractivity contribution >= 4 is 5.97 Å². The second-order valence-corrected chi connectivity index (χ2v) is 6.17. The van der Waals surface area contributed by atoms with E-state index in [-0.39, 0.29) is 0 Å². The van der Waals surface area contributed by atoms with Crippen LogP contribution in [0.1, 0.15) is 34.1 Å². The van der Waals surface area contributed by atoms with Gasteiger partial charge < -0.3 is 4.74 Å². The van der Waals surface area contributed by atoms with Crippen LogP contribution in [-0.4, -0.2) is 36.5 Å². The zero-order valence-corrected chi connectivity index (χ0v) is 14.4. The van der Waals surface area contributed by atoms with E-state index in [9.17, 15) is 44.3 Å². The summed E-state index contributed by atoms with van der Waals surface area (Å²) in [5, 5.41) is 0. The standard InChI is InChI=1S/C15H19F9O2/c1-5-6-11(4,9(2)3)10(25)26-8-7-12(16,17)13(18,19)14(20,21)15(22,23)24/h5-6,9H,7-8H2,1-4H3/b6-5-. The summed E-state index contributed by atoms with van der Waals surface area (Å²) >= 11 is 0. The van der Waals surface area contributed by atoms with Crippen LogP contribution in [0.2, 0.25) is 0 Å². The molecule has 0 saturated carbocycles. The Balaban J connectivity index is 5.24. The average Bonchev–Trinajstić information content (AvgIpc) is 2.45. The first-order valence-electron chi connectivity index (χ1n) is 7.39. The van der Waals surface area contributed by atoms with Crippen molar-refractivity contribution in [3.63, 3.8) is 0 Å². The van der Waals surface area contributed by atoms with E-state index in [1.165, 1.54) is 19.1 Å². The topological polar surface area (TPSA) is 26.3 Å². The van der Waals surface area contributed by atoms with Gasteiger partial charge in [0.05, 0.1) is 18.4 Å². The molecule has 0 bridgehead atoms. The Morgan fingerprint density at radius 2 is 1.42 bits per heavy atom. The van der Waals surface area contributed by atoms with Crippen molar-refractivity contribution in [2.75, 3.05) is 6.61 Å². The van der Waals surface area contributed by atoms with Gasteiger partial charge in [-0.3, -0.25) is 4.79 Å². The van der Waals surface area contributed by atoms with Crippen molar-refractivity contribution in [1.29, 1.82) is 0 Å².